The van der Waals surface area contributed by atoms with Crippen LogP contribution in [-0.4, -0.2) is 5.97 Å². The summed E-state index contributed by atoms with van der Waals surface area (Å²) in [5, 5.41) is 16.8. The van der Waals surface area contributed by atoms with E-state index in [1.165, 1.54) is 6.07 Å². The third kappa shape index (κ3) is 10.7. The molecule has 0 saturated heterocycles. The van der Waals surface area contributed by atoms with Gasteiger partial charge in [-0.3, -0.25) is 0 Å². The third-order valence-electron chi connectivity index (χ3n) is 0.223. The number of carbonyl (C=O) groups excluding carboxylic acids is 1. The predicted octanol–water partition coefficient (Wildman–Crippen LogP) is -1.35. The molecule has 3 nitrogen and oxygen atoms in total. The number of hydrogen-bond donors (Lipinski definition) is 0. The second-order valence-electron chi connectivity index (χ2n) is 0.707. The molecule has 0 saturated carbocycles. The SMILES string of the molecule is N#CCC(=O)[O-].[Ag+]. The van der Waals surface area contributed by atoms with Gasteiger partial charge in [-0.2, -0.15) is 5.26 Å². The quantitative estimate of drug-likeness (QED) is 0.482. The van der Waals surface area contributed by atoms with Crippen LogP contribution in [0.1, 0.15) is 6.42 Å². The molecule has 0 aromatic carbocycles. The molecule has 0 heterocycles. The Hall–Kier alpha value is -0.300. The molecule has 0 spiro atoms. The van der Waals surface area contributed by atoms with Crippen molar-refractivity contribution in [2.45, 2.75) is 6.42 Å². The van der Waals surface area contributed by atoms with E-state index in [1.807, 2.05) is 0 Å². The van der Waals surface area contributed by atoms with Gasteiger partial charge in [0, 0.05) is 0 Å². The summed E-state index contributed by atoms with van der Waals surface area (Å²) < 4.78 is 0. The summed E-state index contributed by atoms with van der Waals surface area (Å²) in [5.74, 6) is -1.32. The monoisotopic (exact) mass is 191 g/mol. The zero-order chi connectivity index (χ0) is 4.99. The Kier molecular flexibility index (Phi) is 8.02. The third-order valence-corrected chi connectivity index (χ3v) is 0.223. The van der Waals surface area contributed by atoms with E-state index in [4.69, 9.17) is 5.26 Å². The second kappa shape index (κ2) is 5.70. The predicted molar refractivity (Wildman–Crippen MR) is 15.2 cm³/mol. The van der Waals surface area contributed by atoms with Gasteiger partial charge >= 0.3 is 22.4 Å². The summed E-state index contributed by atoms with van der Waals surface area (Å²) in [6, 6.07) is 1.41. The average molecular weight is 192 g/mol. The summed E-state index contributed by atoms with van der Waals surface area (Å²) in [6.07, 6.45) is -0.514. The van der Waals surface area contributed by atoms with E-state index in [9.17, 15) is 9.90 Å². The first-order valence-corrected chi connectivity index (χ1v) is 1.34. The van der Waals surface area contributed by atoms with Crippen molar-refractivity contribution >= 4 is 5.97 Å². The normalized spacial score (nSPS) is 5.57. The fourth-order valence-electron chi connectivity index (χ4n) is 0.0645. The molecule has 0 bridgehead atoms. The van der Waals surface area contributed by atoms with Crippen LogP contribution in [0.2, 0.25) is 0 Å². The van der Waals surface area contributed by atoms with Gasteiger partial charge in [-0.25, -0.2) is 0 Å². The van der Waals surface area contributed by atoms with Crippen molar-refractivity contribution in [3.63, 3.8) is 0 Å². The Balaban J connectivity index is 0. The van der Waals surface area contributed by atoms with Crippen molar-refractivity contribution in [1.82, 2.24) is 0 Å². The van der Waals surface area contributed by atoms with Crippen molar-refractivity contribution in [1.29, 1.82) is 5.26 Å². The molecular formula is C3H2AgNO2. The molecule has 0 amide bonds. The largest absolute Gasteiger partial charge is 1.00 e. The molecule has 0 aliphatic heterocycles. The number of nitrogens with zero attached hydrogens (tertiary/aromatic N) is 1. The van der Waals surface area contributed by atoms with E-state index in [0.29, 0.717) is 0 Å². The molecule has 0 atom stereocenters. The van der Waals surface area contributed by atoms with Crippen molar-refractivity contribution in [2.24, 2.45) is 0 Å². The molecule has 0 aromatic heterocycles. The zero-order valence-electron chi connectivity index (χ0n) is 3.27. The summed E-state index contributed by atoms with van der Waals surface area (Å²) in [5.41, 5.74) is 0. The Labute approximate surface area is 56.5 Å². The van der Waals surface area contributed by atoms with E-state index in [2.05, 4.69) is 0 Å². The van der Waals surface area contributed by atoms with Crippen molar-refractivity contribution in [3.8, 4) is 6.07 Å². The maximum absolute atomic E-state index is 9.27. The minimum atomic E-state index is -1.32. The molecule has 0 aromatic rings. The summed E-state index contributed by atoms with van der Waals surface area (Å²) >= 11 is 0. The van der Waals surface area contributed by atoms with Crippen LogP contribution < -0.4 is 5.11 Å². The number of rotatable bonds is 1. The van der Waals surface area contributed by atoms with Gasteiger partial charge in [-0.05, 0) is 0 Å². The van der Waals surface area contributed by atoms with E-state index in [0.717, 1.165) is 0 Å². The number of aliphatic carboxylic acids is 1. The molecular weight excluding hydrogens is 190 g/mol. The van der Waals surface area contributed by atoms with Crippen LogP contribution in [0.15, 0.2) is 0 Å². The van der Waals surface area contributed by atoms with Crippen molar-refractivity contribution < 1.29 is 32.3 Å². The van der Waals surface area contributed by atoms with Crippen LogP contribution in [0.5, 0.6) is 0 Å². The van der Waals surface area contributed by atoms with E-state index < -0.39 is 12.4 Å². The van der Waals surface area contributed by atoms with Crippen LogP contribution in [-0.2, 0) is 27.2 Å². The van der Waals surface area contributed by atoms with Gasteiger partial charge in [0.15, 0.2) is 0 Å². The summed E-state index contributed by atoms with van der Waals surface area (Å²) in [4.78, 5) is 9.27. The number of carboxylic acids is 1. The van der Waals surface area contributed by atoms with E-state index in [-0.39, 0.29) is 22.4 Å². The Morgan fingerprint density at radius 2 is 2.29 bits per heavy atom. The summed E-state index contributed by atoms with van der Waals surface area (Å²) in [7, 11) is 0. The molecule has 42 valence electrons. The topological polar surface area (TPSA) is 63.9 Å². The first-order chi connectivity index (χ1) is 2.77. The van der Waals surface area contributed by atoms with Crippen LogP contribution in [0.3, 0.4) is 0 Å². The minimum absolute atomic E-state index is 0. The molecule has 4 heteroatoms. The maximum atomic E-state index is 9.27. The van der Waals surface area contributed by atoms with E-state index >= 15 is 0 Å². The number of nitriles is 1. The van der Waals surface area contributed by atoms with Crippen molar-refractivity contribution in [3.05, 3.63) is 0 Å². The fourth-order valence-corrected chi connectivity index (χ4v) is 0.0645. The Bertz CT molecular complexity index is 95.6. The number of hydrogen-bond acceptors (Lipinski definition) is 3. The van der Waals surface area contributed by atoms with Crippen LogP contribution in [0, 0.1) is 11.3 Å². The number of carbonyl (C=O) groups is 1. The first-order valence-electron chi connectivity index (χ1n) is 1.34. The molecule has 7 heavy (non-hydrogen) atoms. The molecule has 0 fully saturated rings. The molecule has 0 N–H and O–H groups in total. The van der Waals surface area contributed by atoms with E-state index in [1.54, 1.807) is 0 Å². The Morgan fingerprint density at radius 3 is 2.29 bits per heavy atom. The molecule has 0 aliphatic rings. The van der Waals surface area contributed by atoms with Gasteiger partial charge in [0.25, 0.3) is 0 Å². The zero-order valence-corrected chi connectivity index (χ0v) is 4.75. The van der Waals surface area contributed by atoms with Gasteiger partial charge in [0.2, 0.25) is 0 Å². The van der Waals surface area contributed by atoms with Gasteiger partial charge < -0.3 is 9.90 Å². The molecule has 0 unspecified atom stereocenters. The van der Waals surface area contributed by atoms with Crippen LogP contribution in [0.4, 0.5) is 0 Å². The molecule has 0 aliphatic carbocycles. The van der Waals surface area contributed by atoms with Gasteiger partial charge in [0.1, 0.15) is 0 Å². The smallest absolute Gasteiger partial charge is 0.549 e. The minimum Gasteiger partial charge on any atom is -0.549 e. The standard InChI is InChI=1S/C3H3NO2.Ag/c4-2-1-3(5)6;/h1H2,(H,5,6);/q;+1/p-1. The van der Waals surface area contributed by atoms with Gasteiger partial charge in [-0.15, -0.1) is 0 Å². The van der Waals surface area contributed by atoms with Gasteiger partial charge in [-0.1, -0.05) is 0 Å². The molecule has 0 rings (SSSR count). The van der Waals surface area contributed by atoms with Crippen LogP contribution >= 0.6 is 0 Å². The second-order valence-corrected chi connectivity index (χ2v) is 0.707. The first kappa shape index (κ1) is 9.85. The average Bonchev–Trinajstić information content (AvgIpc) is 1.35. The number of carboxylic acid groups (broad SMARTS) is 1. The maximum Gasteiger partial charge on any atom is 1.00 e. The van der Waals surface area contributed by atoms with Crippen LogP contribution in [0.25, 0.3) is 0 Å². The van der Waals surface area contributed by atoms with Gasteiger partial charge in [0.05, 0.1) is 18.5 Å². The Morgan fingerprint density at radius 1 is 1.86 bits per heavy atom. The fraction of sp³-hybridized carbons (Fsp3) is 0.333. The molecule has 0 radical (unpaired) electrons. The van der Waals surface area contributed by atoms with Crippen molar-refractivity contribution in [2.75, 3.05) is 0 Å². The summed E-state index contributed by atoms with van der Waals surface area (Å²) in [6.45, 7) is 0.